The van der Waals surface area contributed by atoms with Crippen molar-refractivity contribution in [1.29, 1.82) is 0 Å². The zero-order valence-electron chi connectivity index (χ0n) is 10.6. The lowest BCUT2D eigenvalue weighted by Crippen LogP contribution is -2.08. The third-order valence-corrected chi connectivity index (χ3v) is 3.17. The van der Waals surface area contributed by atoms with Crippen LogP contribution in [-0.4, -0.2) is 8.76 Å². The molecule has 1 unspecified atom stereocenters. The Kier molecular flexibility index (Phi) is 4.47. The lowest BCUT2D eigenvalue weighted by atomic mass is 10.0. The van der Waals surface area contributed by atoms with Crippen LogP contribution < -0.4 is 4.72 Å². The van der Waals surface area contributed by atoms with E-state index < -0.39 is 34.6 Å². The molecule has 0 aliphatic heterocycles. The van der Waals surface area contributed by atoms with Gasteiger partial charge in [-0.25, -0.2) is 13.0 Å². The van der Waals surface area contributed by atoms with Crippen molar-refractivity contribution in [2.45, 2.75) is 6.18 Å². The van der Waals surface area contributed by atoms with Crippen LogP contribution in [0.4, 0.5) is 27.6 Å². The van der Waals surface area contributed by atoms with Crippen molar-refractivity contribution in [1.82, 2.24) is 0 Å². The molecule has 2 rings (SSSR count). The fraction of sp³-hybridized carbons (Fsp3) is 0.0769. The molecule has 0 amide bonds. The van der Waals surface area contributed by atoms with E-state index in [1.54, 1.807) is 0 Å². The molecule has 2 aromatic rings. The molecule has 0 saturated heterocycles. The maximum atomic E-state index is 13.9. The summed E-state index contributed by atoms with van der Waals surface area (Å²) in [5.74, 6) is -2.39. The summed E-state index contributed by atoms with van der Waals surface area (Å²) < 4.78 is 85.9. The third-order valence-electron chi connectivity index (χ3n) is 2.76. The van der Waals surface area contributed by atoms with E-state index in [-0.39, 0.29) is 16.8 Å². The monoisotopic (exact) mass is 337 g/mol. The number of alkyl halides is 3. The highest BCUT2D eigenvalue weighted by Crippen LogP contribution is 2.34. The molecule has 0 bridgehead atoms. The molecule has 0 radical (unpaired) electrons. The van der Waals surface area contributed by atoms with Gasteiger partial charge in [-0.3, -0.25) is 9.27 Å². The predicted molar refractivity (Wildman–Crippen MR) is 71.2 cm³/mol. The molecule has 2 aromatic carbocycles. The number of nitrogens with one attached hydrogen (secondary N) is 1. The van der Waals surface area contributed by atoms with Crippen molar-refractivity contribution >= 4 is 17.0 Å². The van der Waals surface area contributed by atoms with Crippen LogP contribution in [0.1, 0.15) is 5.56 Å². The van der Waals surface area contributed by atoms with Gasteiger partial charge in [-0.05, 0) is 35.9 Å². The topological polar surface area (TPSA) is 49.3 Å². The Labute approximate surface area is 124 Å². The summed E-state index contributed by atoms with van der Waals surface area (Å²) in [5.41, 5.74) is -1.67. The van der Waals surface area contributed by atoms with Crippen LogP contribution in [0.15, 0.2) is 36.4 Å². The Balaban J connectivity index is 2.40. The summed E-state index contributed by atoms with van der Waals surface area (Å²) >= 11 is -2.39. The van der Waals surface area contributed by atoms with Crippen molar-refractivity contribution in [2.75, 3.05) is 4.72 Å². The summed E-state index contributed by atoms with van der Waals surface area (Å²) in [5, 5.41) is 0. The highest BCUT2D eigenvalue weighted by Gasteiger charge is 2.34. The SMILES string of the molecule is O=S(O)Nc1ccc(-c2ccc(C(F)(F)F)c(F)c2)c(F)c1. The molecule has 0 spiro atoms. The molecule has 0 heterocycles. The lowest BCUT2D eigenvalue weighted by molar-refractivity contribution is -0.139. The van der Waals surface area contributed by atoms with Crippen molar-refractivity contribution < 1.29 is 30.7 Å². The predicted octanol–water partition coefficient (Wildman–Crippen LogP) is 4.20. The molecule has 9 heteroatoms. The molecule has 118 valence electrons. The van der Waals surface area contributed by atoms with Crippen LogP contribution in [-0.2, 0) is 17.4 Å². The van der Waals surface area contributed by atoms with E-state index in [1.807, 2.05) is 4.72 Å². The number of hydrogen-bond donors (Lipinski definition) is 2. The minimum atomic E-state index is -4.83. The minimum Gasteiger partial charge on any atom is -0.289 e. The van der Waals surface area contributed by atoms with Gasteiger partial charge in [0.25, 0.3) is 11.3 Å². The van der Waals surface area contributed by atoms with E-state index in [4.69, 9.17) is 4.55 Å². The van der Waals surface area contributed by atoms with Gasteiger partial charge in [-0.15, -0.1) is 0 Å². The van der Waals surface area contributed by atoms with E-state index in [0.29, 0.717) is 12.1 Å². The van der Waals surface area contributed by atoms with Crippen LogP contribution in [0.3, 0.4) is 0 Å². The minimum absolute atomic E-state index is 0.00512. The number of benzene rings is 2. The molecule has 0 aromatic heterocycles. The van der Waals surface area contributed by atoms with Crippen molar-refractivity contribution in [2.24, 2.45) is 0 Å². The molecule has 22 heavy (non-hydrogen) atoms. The number of halogens is 5. The van der Waals surface area contributed by atoms with Crippen LogP contribution >= 0.6 is 0 Å². The first-order valence-electron chi connectivity index (χ1n) is 5.72. The van der Waals surface area contributed by atoms with Crippen molar-refractivity contribution in [3.8, 4) is 11.1 Å². The first kappa shape index (κ1) is 16.4. The summed E-state index contributed by atoms with van der Waals surface area (Å²) in [7, 11) is 0. The largest absolute Gasteiger partial charge is 0.419 e. The van der Waals surface area contributed by atoms with Crippen LogP contribution in [0.2, 0.25) is 0 Å². The van der Waals surface area contributed by atoms with Gasteiger partial charge in [0.05, 0.1) is 11.3 Å². The first-order valence-corrected chi connectivity index (χ1v) is 6.83. The molecule has 0 fully saturated rings. The second kappa shape index (κ2) is 6.01. The van der Waals surface area contributed by atoms with E-state index >= 15 is 0 Å². The summed E-state index contributed by atoms with van der Waals surface area (Å²) in [6, 6.07) is 5.33. The van der Waals surface area contributed by atoms with Gasteiger partial charge in [0.15, 0.2) is 0 Å². The number of hydrogen-bond acceptors (Lipinski definition) is 1. The molecule has 0 aliphatic carbocycles. The Morgan fingerprint density at radius 1 is 1.00 bits per heavy atom. The Morgan fingerprint density at radius 2 is 1.68 bits per heavy atom. The summed E-state index contributed by atoms with van der Waals surface area (Å²) in [6.07, 6.45) is -4.83. The number of rotatable bonds is 3. The standard InChI is InChI=1S/C13H8F5NO2S/c14-11-6-8(19-22(20)21)2-3-9(11)7-1-4-10(12(15)5-7)13(16,17)18/h1-6,19H,(H,20,21). The van der Waals surface area contributed by atoms with Crippen LogP contribution in [0.25, 0.3) is 11.1 Å². The molecular weight excluding hydrogens is 329 g/mol. The number of anilines is 1. The first-order chi connectivity index (χ1) is 10.2. The second-order valence-electron chi connectivity index (χ2n) is 4.24. The van der Waals surface area contributed by atoms with E-state index in [0.717, 1.165) is 18.2 Å². The van der Waals surface area contributed by atoms with Crippen molar-refractivity contribution in [3.05, 3.63) is 53.6 Å². The molecule has 1 atom stereocenters. The average molecular weight is 337 g/mol. The van der Waals surface area contributed by atoms with E-state index in [1.165, 1.54) is 6.07 Å². The molecule has 3 nitrogen and oxygen atoms in total. The van der Waals surface area contributed by atoms with Gasteiger partial charge >= 0.3 is 6.18 Å². The fourth-order valence-electron chi connectivity index (χ4n) is 1.83. The van der Waals surface area contributed by atoms with Gasteiger partial charge in [-0.2, -0.15) is 13.2 Å². The molecule has 0 saturated carbocycles. The Bertz CT molecular complexity index is 733. The Morgan fingerprint density at radius 3 is 2.18 bits per heavy atom. The average Bonchev–Trinajstić information content (AvgIpc) is 2.36. The summed E-state index contributed by atoms with van der Waals surface area (Å²) in [4.78, 5) is 0. The normalized spacial score (nSPS) is 13.0. The van der Waals surface area contributed by atoms with E-state index in [2.05, 4.69) is 0 Å². The van der Waals surface area contributed by atoms with Crippen molar-refractivity contribution in [3.63, 3.8) is 0 Å². The van der Waals surface area contributed by atoms with Crippen LogP contribution in [0.5, 0.6) is 0 Å². The zero-order valence-corrected chi connectivity index (χ0v) is 11.4. The van der Waals surface area contributed by atoms with Gasteiger partial charge in [-0.1, -0.05) is 6.07 Å². The maximum Gasteiger partial charge on any atom is 0.419 e. The highest BCUT2D eigenvalue weighted by atomic mass is 32.2. The highest BCUT2D eigenvalue weighted by molar-refractivity contribution is 7.80. The summed E-state index contributed by atoms with van der Waals surface area (Å²) in [6.45, 7) is 0. The maximum absolute atomic E-state index is 13.9. The molecule has 2 N–H and O–H groups in total. The van der Waals surface area contributed by atoms with Gasteiger partial charge in [0.2, 0.25) is 0 Å². The van der Waals surface area contributed by atoms with Gasteiger partial charge < -0.3 is 0 Å². The quantitative estimate of drug-likeness (QED) is 0.651. The van der Waals surface area contributed by atoms with E-state index in [9.17, 15) is 26.2 Å². The smallest absolute Gasteiger partial charge is 0.289 e. The van der Waals surface area contributed by atoms with Gasteiger partial charge in [0.1, 0.15) is 11.6 Å². The van der Waals surface area contributed by atoms with Gasteiger partial charge in [0, 0.05) is 5.56 Å². The molecule has 0 aliphatic rings. The second-order valence-corrected chi connectivity index (χ2v) is 4.94. The zero-order chi connectivity index (χ0) is 16.5. The Hall–Kier alpha value is -2.00. The fourth-order valence-corrected chi connectivity index (χ4v) is 2.15. The van der Waals surface area contributed by atoms with Crippen LogP contribution in [0, 0.1) is 11.6 Å². The molecular formula is C13H8F5NO2S. The third kappa shape index (κ3) is 3.60. The lowest BCUT2D eigenvalue weighted by Gasteiger charge is -2.10.